The van der Waals surface area contributed by atoms with Crippen molar-refractivity contribution in [1.29, 1.82) is 0 Å². The van der Waals surface area contributed by atoms with E-state index in [0.29, 0.717) is 39.3 Å². The number of nitrogens with zero attached hydrogens (tertiary/aromatic N) is 3. The number of benzene rings is 1. The fraction of sp³-hybridized carbons (Fsp3) is 0.500. The van der Waals surface area contributed by atoms with Gasteiger partial charge in [0.1, 0.15) is 0 Å². The van der Waals surface area contributed by atoms with Crippen molar-refractivity contribution >= 4 is 17.9 Å². The molecule has 2 fully saturated rings. The summed E-state index contributed by atoms with van der Waals surface area (Å²) in [7, 11) is 0. The lowest BCUT2D eigenvalue weighted by molar-refractivity contribution is -0.140. The van der Waals surface area contributed by atoms with Crippen molar-refractivity contribution in [2.24, 2.45) is 0 Å². The highest BCUT2D eigenvalue weighted by atomic mass is 16.6. The van der Waals surface area contributed by atoms with Crippen LogP contribution >= 0.6 is 0 Å². The quantitative estimate of drug-likeness (QED) is 0.764. The zero-order valence-electron chi connectivity index (χ0n) is 14.4. The monoisotopic (exact) mass is 345 g/mol. The Morgan fingerprint density at radius 2 is 1.80 bits per heavy atom. The van der Waals surface area contributed by atoms with Crippen molar-refractivity contribution in [1.82, 2.24) is 14.7 Å². The number of carbonyl (C=O) groups is 3. The lowest BCUT2D eigenvalue weighted by Crippen LogP contribution is -2.53. The molecule has 7 nitrogen and oxygen atoms in total. The molecule has 1 aromatic rings. The van der Waals surface area contributed by atoms with Gasteiger partial charge in [-0.05, 0) is 12.5 Å². The van der Waals surface area contributed by atoms with Crippen LogP contribution in [0.25, 0.3) is 0 Å². The number of amides is 3. The van der Waals surface area contributed by atoms with Crippen LogP contribution in [0.15, 0.2) is 30.3 Å². The predicted octanol–water partition coefficient (Wildman–Crippen LogP) is 1.09. The molecule has 1 aromatic carbocycles. The highest BCUT2D eigenvalue weighted by molar-refractivity contribution is 6.05. The van der Waals surface area contributed by atoms with Crippen LogP contribution < -0.4 is 0 Å². The van der Waals surface area contributed by atoms with Crippen molar-refractivity contribution in [3.63, 3.8) is 0 Å². The molecule has 3 rings (SSSR count). The van der Waals surface area contributed by atoms with E-state index in [9.17, 15) is 14.4 Å². The molecule has 134 valence electrons. The normalized spacial score (nSPS) is 21.7. The van der Waals surface area contributed by atoms with Gasteiger partial charge in [-0.3, -0.25) is 19.4 Å². The van der Waals surface area contributed by atoms with Crippen LogP contribution in [0.1, 0.15) is 18.9 Å². The maximum atomic E-state index is 12.7. The van der Waals surface area contributed by atoms with Crippen LogP contribution in [0.5, 0.6) is 0 Å². The van der Waals surface area contributed by atoms with E-state index in [1.165, 1.54) is 4.90 Å². The summed E-state index contributed by atoms with van der Waals surface area (Å²) < 4.78 is 5.00. The molecule has 0 saturated carbocycles. The fourth-order valence-electron chi connectivity index (χ4n) is 3.31. The van der Waals surface area contributed by atoms with Crippen LogP contribution in [0.3, 0.4) is 0 Å². The molecule has 0 unspecified atom stereocenters. The molecule has 2 aliphatic heterocycles. The van der Waals surface area contributed by atoms with E-state index in [2.05, 4.69) is 0 Å². The maximum Gasteiger partial charge on any atom is 0.409 e. The summed E-state index contributed by atoms with van der Waals surface area (Å²) >= 11 is 0. The Labute approximate surface area is 147 Å². The predicted molar refractivity (Wildman–Crippen MR) is 90.6 cm³/mol. The largest absolute Gasteiger partial charge is 0.450 e. The average Bonchev–Trinajstić information content (AvgIpc) is 2.91. The standard InChI is InChI=1S/C18H23N3O4/c1-2-25-18(24)20-10-8-19(9-11-20)15-12-16(22)21(17(15)23)13-14-6-4-3-5-7-14/h3-7,15H,2,8-13H2,1H3/t15-/m0/s1. The fourth-order valence-corrected chi connectivity index (χ4v) is 3.31. The molecule has 0 N–H and O–H groups in total. The zero-order valence-corrected chi connectivity index (χ0v) is 14.4. The molecular formula is C18H23N3O4. The average molecular weight is 345 g/mol. The van der Waals surface area contributed by atoms with Gasteiger partial charge in [-0.15, -0.1) is 0 Å². The lowest BCUT2D eigenvalue weighted by atomic mass is 10.2. The third-order valence-corrected chi connectivity index (χ3v) is 4.68. The third-order valence-electron chi connectivity index (χ3n) is 4.68. The summed E-state index contributed by atoms with van der Waals surface area (Å²) in [6.07, 6.45) is -0.105. The van der Waals surface area contributed by atoms with E-state index < -0.39 is 6.04 Å². The van der Waals surface area contributed by atoms with Gasteiger partial charge in [0.25, 0.3) is 0 Å². The Kier molecular flexibility index (Phi) is 5.33. The van der Waals surface area contributed by atoms with Crippen molar-refractivity contribution < 1.29 is 19.1 Å². The van der Waals surface area contributed by atoms with Gasteiger partial charge in [0.15, 0.2) is 0 Å². The molecule has 0 aromatic heterocycles. The van der Waals surface area contributed by atoms with Crippen molar-refractivity contribution in [2.45, 2.75) is 25.9 Å². The molecule has 2 saturated heterocycles. The van der Waals surface area contributed by atoms with E-state index in [0.717, 1.165) is 5.56 Å². The lowest BCUT2D eigenvalue weighted by Gasteiger charge is -2.36. The number of piperazine rings is 1. The van der Waals surface area contributed by atoms with Gasteiger partial charge in [0.2, 0.25) is 11.8 Å². The van der Waals surface area contributed by atoms with Crippen LogP contribution in [-0.2, 0) is 20.9 Å². The van der Waals surface area contributed by atoms with E-state index in [4.69, 9.17) is 4.74 Å². The van der Waals surface area contributed by atoms with E-state index in [1.807, 2.05) is 35.2 Å². The Bertz CT molecular complexity index is 641. The van der Waals surface area contributed by atoms with E-state index >= 15 is 0 Å². The second kappa shape index (κ2) is 7.65. The molecule has 2 aliphatic rings. The number of ether oxygens (including phenoxy) is 1. The van der Waals surface area contributed by atoms with Crippen LogP contribution in [0, 0.1) is 0 Å². The number of likely N-dealkylation sites (tertiary alicyclic amines) is 1. The van der Waals surface area contributed by atoms with Gasteiger partial charge in [-0.1, -0.05) is 30.3 Å². The highest BCUT2D eigenvalue weighted by Gasteiger charge is 2.42. The SMILES string of the molecule is CCOC(=O)N1CCN([C@H]2CC(=O)N(Cc3ccccc3)C2=O)CC1. The molecule has 2 heterocycles. The Morgan fingerprint density at radius 3 is 2.44 bits per heavy atom. The Morgan fingerprint density at radius 1 is 1.12 bits per heavy atom. The summed E-state index contributed by atoms with van der Waals surface area (Å²) in [6.45, 7) is 4.60. The van der Waals surface area contributed by atoms with Crippen LogP contribution in [0.2, 0.25) is 0 Å². The molecule has 0 spiro atoms. The van der Waals surface area contributed by atoms with Crippen LogP contribution in [0.4, 0.5) is 4.79 Å². The van der Waals surface area contributed by atoms with Gasteiger partial charge in [-0.2, -0.15) is 0 Å². The molecule has 3 amide bonds. The minimum absolute atomic E-state index is 0.133. The van der Waals surface area contributed by atoms with Gasteiger partial charge >= 0.3 is 6.09 Å². The van der Waals surface area contributed by atoms with Crippen molar-refractivity contribution in [3.05, 3.63) is 35.9 Å². The number of hydrogen-bond donors (Lipinski definition) is 0. The van der Waals surface area contributed by atoms with Crippen molar-refractivity contribution in [2.75, 3.05) is 32.8 Å². The topological polar surface area (TPSA) is 70.2 Å². The zero-order chi connectivity index (χ0) is 17.8. The molecule has 0 aliphatic carbocycles. The van der Waals surface area contributed by atoms with Gasteiger partial charge in [0, 0.05) is 26.2 Å². The first-order chi connectivity index (χ1) is 12.1. The minimum Gasteiger partial charge on any atom is -0.450 e. The number of rotatable bonds is 4. The minimum atomic E-state index is -0.416. The number of hydrogen-bond acceptors (Lipinski definition) is 5. The summed E-state index contributed by atoms with van der Waals surface area (Å²) in [5.41, 5.74) is 0.942. The molecule has 7 heteroatoms. The molecular weight excluding hydrogens is 322 g/mol. The Hall–Kier alpha value is -2.41. The first-order valence-corrected chi connectivity index (χ1v) is 8.64. The first kappa shape index (κ1) is 17.4. The van der Waals surface area contributed by atoms with Gasteiger partial charge in [-0.25, -0.2) is 4.79 Å². The second-order valence-electron chi connectivity index (χ2n) is 6.25. The second-order valence-corrected chi connectivity index (χ2v) is 6.25. The van der Waals surface area contributed by atoms with E-state index in [-0.39, 0.29) is 24.3 Å². The summed E-state index contributed by atoms with van der Waals surface area (Å²) in [5.74, 6) is -0.273. The first-order valence-electron chi connectivity index (χ1n) is 8.64. The van der Waals surface area contributed by atoms with Gasteiger partial charge < -0.3 is 9.64 Å². The smallest absolute Gasteiger partial charge is 0.409 e. The summed E-state index contributed by atoms with van der Waals surface area (Å²) in [5, 5.41) is 0. The molecule has 0 radical (unpaired) electrons. The number of carbonyl (C=O) groups excluding carboxylic acids is 3. The molecule has 25 heavy (non-hydrogen) atoms. The van der Waals surface area contributed by atoms with Crippen molar-refractivity contribution in [3.8, 4) is 0 Å². The number of imide groups is 1. The molecule has 0 bridgehead atoms. The highest BCUT2D eigenvalue weighted by Crippen LogP contribution is 2.22. The molecule has 1 atom stereocenters. The summed E-state index contributed by atoms with van der Waals surface area (Å²) in [4.78, 5) is 41.7. The summed E-state index contributed by atoms with van der Waals surface area (Å²) in [6, 6.07) is 9.10. The maximum absolute atomic E-state index is 12.7. The van der Waals surface area contributed by atoms with E-state index in [1.54, 1.807) is 11.8 Å². The van der Waals surface area contributed by atoms with Gasteiger partial charge in [0.05, 0.1) is 25.6 Å². The third kappa shape index (κ3) is 3.82. The van der Waals surface area contributed by atoms with Crippen LogP contribution in [-0.4, -0.2) is 71.4 Å². The Balaban J connectivity index is 1.58.